The van der Waals surface area contributed by atoms with Gasteiger partial charge in [-0.3, -0.25) is 19.2 Å². The molecular weight excluding hydrogens is 726 g/mol. The van der Waals surface area contributed by atoms with Crippen molar-refractivity contribution in [2.75, 3.05) is 24.6 Å². The van der Waals surface area contributed by atoms with Crippen molar-refractivity contribution in [3.63, 3.8) is 0 Å². The van der Waals surface area contributed by atoms with Crippen LogP contribution in [0.2, 0.25) is 5.02 Å². The zero-order valence-corrected chi connectivity index (χ0v) is 30.6. The highest BCUT2D eigenvalue weighted by Crippen LogP contribution is 2.60. The molecule has 2 bridgehead atoms. The highest BCUT2D eigenvalue weighted by Gasteiger charge is 2.77. The molecule has 0 aromatic heterocycles. The quantitative estimate of drug-likeness (QED) is 0.0940. The van der Waals surface area contributed by atoms with Crippen LogP contribution in [-0.2, 0) is 28.7 Å². The van der Waals surface area contributed by atoms with Crippen molar-refractivity contribution >= 4 is 56.9 Å². The average molecular weight is 771 g/mol. The molecule has 3 saturated heterocycles. The Morgan fingerprint density at radius 1 is 1.14 bits per heavy atom. The first-order valence-electron chi connectivity index (χ1n) is 17.1. The van der Waals surface area contributed by atoms with Crippen molar-refractivity contribution in [3.8, 4) is 0 Å². The lowest BCUT2D eigenvalue weighted by Crippen LogP contribution is -2.57. The van der Waals surface area contributed by atoms with Crippen LogP contribution < -0.4 is 10.2 Å². The number of ether oxygens (including phenoxy) is 2. The van der Waals surface area contributed by atoms with Crippen LogP contribution in [0.3, 0.4) is 0 Å². The summed E-state index contributed by atoms with van der Waals surface area (Å²) >= 11 is 10.3. The minimum atomic E-state index is -1.32. The number of benzene rings is 2. The first-order chi connectivity index (χ1) is 24.1. The van der Waals surface area contributed by atoms with Crippen LogP contribution in [0.15, 0.2) is 79.9 Å². The third-order valence-electron chi connectivity index (χ3n) is 9.86. The summed E-state index contributed by atoms with van der Waals surface area (Å²) in [7, 11) is 0. The van der Waals surface area contributed by atoms with Gasteiger partial charge in [0.05, 0.1) is 34.7 Å². The minimum Gasteiger partial charge on any atom is -0.455 e. The molecule has 0 radical (unpaired) electrons. The normalized spacial score (nSPS) is 26.2. The predicted octanol–water partition coefficient (Wildman–Crippen LogP) is 5.53. The van der Waals surface area contributed by atoms with E-state index < -0.39 is 47.7 Å². The van der Waals surface area contributed by atoms with E-state index in [4.69, 9.17) is 21.1 Å². The van der Waals surface area contributed by atoms with Gasteiger partial charge in [0.15, 0.2) is 0 Å². The van der Waals surface area contributed by atoms with Gasteiger partial charge in [-0.2, -0.15) is 0 Å². The Balaban J connectivity index is 1.50. The summed E-state index contributed by atoms with van der Waals surface area (Å²) in [4.78, 5) is 59.2. The van der Waals surface area contributed by atoms with E-state index in [0.29, 0.717) is 48.4 Å². The van der Waals surface area contributed by atoms with E-state index in [0.717, 1.165) is 0 Å². The van der Waals surface area contributed by atoms with Gasteiger partial charge in [0.25, 0.3) is 5.91 Å². The maximum Gasteiger partial charge on any atom is 0.313 e. The predicted molar refractivity (Wildman–Crippen MR) is 195 cm³/mol. The Hall–Kier alpha value is -3.51. The second-order valence-electron chi connectivity index (χ2n) is 13.1. The van der Waals surface area contributed by atoms with Crippen molar-refractivity contribution in [2.45, 2.75) is 80.2 Å². The van der Waals surface area contributed by atoms with Gasteiger partial charge in [-0.1, -0.05) is 82.1 Å². The van der Waals surface area contributed by atoms with E-state index in [-0.39, 0.29) is 48.7 Å². The van der Waals surface area contributed by atoms with Crippen molar-refractivity contribution < 1.29 is 33.8 Å². The second kappa shape index (κ2) is 16.7. The zero-order chi connectivity index (χ0) is 36.0. The summed E-state index contributed by atoms with van der Waals surface area (Å²) in [5.74, 6) is -3.57. The molecule has 2 aromatic carbocycles. The highest BCUT2D eigenvalue weighted by molar-refractivity contribution is 9.09. The Morgan fingerprint density at radius 3 is 2.54 bits per heavy atom. The van der Waals surface area contributed by atoms with Crippen molar-refractivity contribution in [2.24, 2.45) is 11.8 Å². The van der Waals surface area contributed by atoms with Gasteiger partial charge in [0.2, 0.25) is 11.8 Å². The van der Waals surface area contributed by atoms with E-state index in [1.54, 1.807) is 48.2 Å². The Bertz CT molecular complexity index is 1580. The average Bonchev–Trinajstić information content (AvgIpc) is 3.70. The third-order valence-corrected chi connectivity index (χ3v) is 11.0. The van der Waals surface area contributed by atoms with E-state index >= 15 is 0 Å². The molecule has 0 saturated carbocycles. The van der Waals surface area contributed by atoms with Gasteiger partial charge in [0, 0.05) is 30.9 Å². The molecule has 2 aromatic rings. The lowest BCUT2D eigenvalue weighted by atomic mass is 9.70. The smallest absolute Gasteiger partial charge is 0.313 e. The maximum absolute atomic E-state index is 14.8. The SMILES string of the molecule is C=CCCC(=O)N[C@@H](C)[C@H](OC(=O)[C@@H]1[C@H]2O[C@@]3(CC2Br)[C@H](C(=O)N(CC=C)c2ccccc2Cl)N(CCCCCO)C(=O)[C@@H]13)c1ccccc1. The number of aliphatic hydroxyl groups is 1. The van der Waals surface area contributed by atoms with E-state index in [1.807, 2.05) is 30.3 Å². The minimum absolute atomic E-state index is 0.0160. The summed E-state index contributed by atoms with van der Waals surface area (Å²) in [6.45, 7) is 9.69. The standard InChI is InChI=1S/C38H45BrClN3O7/c1-4-6-19-29(45)41-24(3)32(25-15-9-7-10-16-25)49-37(48)30-31-35(46)43(21-13-8-14-22-44)34(38(31)23-26(39)33(30)50-38)36(47)42(20-5-2)28-18-12-11-17-27(28)40/h4-5,7,9-12,15-18,24,26,30-34,44H,1-2,6,8,13-14,19-23H2,3H3,(H,41,45)/t24-,26?,30-,31+,32-,33-,34-,38+/m0/s1. The van der Waals surface area contributed by atoms with E-state index in [2.05, 4.69) is 34.4 Å². The number of rotatable bonds is 17. The summed E-state index contributed by atoms with van der Waals surface area (Å²) in [6, 6.07) is 14.5. The number of para-hydroxylation sites is 1. The molecule has 0 aliphatic carbocycles. The number of carbonyl (C=O) groups excluding carboxylic acids is 4. The van der Waals surface area contributed by atoms with Crippen molar-refractivity contribution in [1.29, 1.82) is 0 Å². The third kappa shape index (κ3) is 7.42. The lowest BCUT2D eigenvalue weighted by molar-refractivity contribution is -0.162. The molecule has 3 aliphatic rings. The summed E-state index contributed by atoms with van der Waals surface area (Å²) in [6.07, 6.45) is 4.49. The van der Waals surface area contributed by atoms with Crippen LogP contribution >= 0.6 is 27.5 Å². The number of hydrogen-bond donors (Lipinski definition) is 2. The largest absolute Gasteiger partial charge is 0.455 e. The van der Waals surface area contributed by atoms with Crippen LogP contribution in [-0.4, -0.2) is 82.0 Å². The fourth-order valence-corrected chi connectivity index (χ4v) is 8.86. The number of esters is 1. The van der Waals surface area contributed by atoms with Crippen LogP contribution in [0.5, 0.6) is 0 Å². The van der Waals surface area contributed by atoms with Crippen LogP contribution in [0.1, 0.15) is 57.1 Å². The number of anilines is 1. The number of nitrogens with one attached hydrogen (secondary N) is 1. The number of likely N-dealkylation sites (tertiary alicyclic amines) is 1. The summed E-state index contributed by atoms with van der Waals surface area (Å²) in [5, 5.41) is 12.7. The fraction of sp³-hybridized carbons (Fsp3) is 0.474. The first-order valence-corrected chi connectivity index (χ1v) is 18.4. The second-order valence-corrected chi connectivity index (χ2v) is 14.7. The summed E-state index contributed by atoms with van der Waals surface area (Å²) < 4.78 is 13.0. The molecule has 1 unspecified atom stereocenters. The van der Waals surface area contributed by atoms with Gasteiger partial charge in [-0.25, -0.2) is 0 Å². The Labute approximate surface area is 306 Å². The molecule has 5 rings (SSSR count). The van der Waals surface area contributed by atoms with Crippen LogP contribution in [0, 0.1) is 11.8 Å². The van der Waals surface area contributed by atoms with Gasteiger partial charge in [-0.15, -0.1) is 13.2 Å². The topological polar surface area (TPSA) is 125 Å². The number of nitrogens with zero attached hydrogens (tertiary/aromatic N) is 2. The van der Waals surface area contributed by atoms with E-state index in [1.165, 1.54) is 4.90 Å². The number of aliphatic hydroxyl groups excluding tert-OH is 1. The number of fused-ring (bicyclic) bond motifs is 1. The van der Waals surface area contributed by atoms with Crippen molar-refractivity contribution in [1.82, 2.24) is 10.2 Å². The van der Waals surface area contributed by atoms with Crippen LogP contribution in [0.25, 0.3) is 0 Å². The Kier molecular flexibility index (Phi) is 12.6. The molecule has 3 fully saturated rings. The van der Waals surface area contributed by atoms with Gasteiger partial charge >= 0.3 is 5.97 Å². The van der Waals surface area contributed by atoms with Gasteiger partial charge in [0.1, 0.15) is 17.7 Å². The maximum atomic E-state index is 14.8. The number of unbranched alkanes of at least 4 members (excludes halogenated alkanes) is 2. The molecule has 1 spiro atoms. The Morgan fingerprint density at radius 2 is 1.86 bits per heavy atom. The van der Waals surface area contributed by atoms with E-state index in [9.17, 15) is 24.3 Å². The molecule has 3 amide bonds. The number of hydrogen-bond acceptors (Lipinski definition) is 7. The first kappa shape index (κ1) is 37.7. The molecule has 3 aliphatic heterocycles. The van der Waals surface area contributed by atoms with Crippen LogP contribution in [0.4, 0.5) is 5.69 Å². The van der Waals surface area contributed by atoms with Gasteiger partial charge in [-0.05, 0) is 56.7 Å². The molecule has 50 heavy (non-hydrogen) atoms. The number of allylic oxidation sites excluding steroid dienone is 1. The zero-order valence-electron chi connectivity index (χ0n) is 28.2. The monoisotopic (exact) mass is 769 g/mol. The highest BCUT2D eigenvalue weighted by atomic mass is 79.9. The summed E-state index contributed by atoms with van der Waals surface area (Å²) in [5.41, 5.74) is -0.163. The number of carbonyl (C=O) groups is 4. The molecule has 8 atom stereocenters. The molecular formula is C38H45BrClN3O7. The number of amides is 3. The van der Waals surface area contributed by atoms with Crippen molar-refractivity contribution in [3.05, 3.63) is 90.5 Å². The molecule has 2 N–H and O–H groups in total. The number of alkyl halides is 1. The lowest BCUT2D eigenvalue weighted by Gasteiger charge is -2.37. The molecule has 268 valence electrons. The fourth-order valence-electron chi connectivity index (χ4n) is 7.68. The molecule has 12 heteroatoms. The molecule has 3 heterocycles. The molecule has 10 nitrogen and oxygen atoms in total. The number of halogens is 2. The van der Waals surface area contributed by atoms with Gasteiger partial charge < -0.3 is 29.7 Å².